The summed E-state index contributed by atoms with van der Waals surface area (Å²) in [6, 6.07) is 2.33. The minimum absolute atomic E-state index is 0.119. The maximum atomic E-state index is 12.7. The van der Waals surface area contributed by atoms with E-state index in [2.05, 4.69) is 59.2 Å². The van der Waals surface area contributed by atoms with Crippen LogP contribution >= 0.6 is 34.4 Å². The van der Waals surface area contributed by atoms with Crippen LogP contribution in [-0.4, -0.2) is 26.4 Å². The van der Waals surface area contributed by atoms with Crippen LogP contribution in [0.4, 0.5) is 5.00 Å². The zero-order chi connectivity index (χ0) is 22.8. The third-order valence-electron chi connectivity index (χ3n) is 6.20. The second-order valence-corrected chi connectivity index (χ2v) is 11.2. The molecule has 1 amide bonds. The first kappa shape index (κ1) is 23.0. The Labute approximate surface area is 201 Å². The average Bonchev–Trinajstić information content (AvgIpc) is 3.46. The number of anilines is 1. The molecule has 1 N–H and O–H groups in total. The molecule has 32 heavy (non-hydrogen) atoms. The second-order valence-electron chi connectivity index (χ2n) is 8.05. The van der Waals surface area contributed by atoms with E-state index in [9.17, 15) is 10.1 Å². The number of nitrogens with zero attached hydrogens (tertiary/aromatic N) is 4. The summed E-state index contributed by atoms with van der Waals surface area (Å²) in [5.74, 6) is 1.63. The molecule has 0 aromatic carbocycles. The molecule has 0 spiro atoms. The van der Waals surface area contributed by atoms with Crippen molar-refractivity contribution in [1.29, 1.82) is 5.26 Å². The Morgan fingerprint density at radius 2 is 2.19 bits per heavy atom. The van der Waals surface area contributed by atoms with E-state index in [0.29, 0.717) is 16.5 Å². The SMILES string of the molecule is CCC1CCc2c(sc(NC(=O)CSc3nnc(-c4csc(C)c4C)n3CC)c2C#N)C1. The number of hydrogen-bond acceptors (Lipinski definition) is 7. The molecule has 1 atom stereocenters. The first-order chi connectivity index (χ1) is 15.5. The molecule has 0 aliphatic heterocycles. The number of amides is 1. The standard InChI is InChI=1S/C23H27N5OS3/c1-5-15-7-8-16-17(10-24)22(32-19(16)9-15)25-20(29)12-31-23-27-26-21(28(23)6-2)18-11-30-14(4)13(18)3/h11,15H,5-9,12H2,1-4H3,(H,25,29). The first-order valence-corrected chi connectivity index (χ1v) is 13.6. The largest absolute Gasteiger partial charge is 0.316 e. The summed E-state index contributed by atoms with van der Waals surface area (Å²) in [6.45, 7) is 9.22. The minimum Gasteiger partial charge on any atom is -0.316 e. The quantitative estimate of drug-likeness (QED) is 0.426. The number of thioether (sulfide) groups is 1. The van der Waals surface area contributed by atoms with E-state index in [4.69, 9.17) is 0 Å². The summed E-state index contributed by atoms with van der Waals surface area (Å²) < 4.78 is 2.06. The van der Waals surface area contributed by atoms with Gasteiger partial charge in [0.25, 0.3) is 0 Å². The van der Waals surface area contributed by atoms with Crippen LogP contribution in [0.5, 0.6) is 0 Å². The van der Waals surface area contributed by atoms with Crippen LogP contribution < -0.4 is 5.32 Å². The summed E-state index contributed by atoms with van der Waals surface area (Å²) in [5, 5.41) is 25.0. The molecular formula is C23H27N5OS3. The highest BCUT2D eigenvalue weighted by atomic mass is 32.2. The topological polar surface area (TPSA) is 83.6 Å². The molecule has 1 unspecified atom stereocenters. The van der Waals surface area contributed by atoms with Gasteiger partial charge in [-0.05, 0) is 57.1 Å². The zero-order valence-electron chi connectivity index (χ0n) is 18.8. The van der Waals surface area contributed by atoms with Crippen LogP contribution in [0.2, 0.25) is 0 Å². The van der Waals surface area contributed by atoms with E-state index in [-0.39, 0.29) is 11.7 Å². The van der Waals surface area contributed by atoms with Crippen molar-refractivity contribution in [2.75, 3.05) is 11.1 Å². The number of hydrogen-bond donors (Lipinski definition) is 1. The number of carbonyl (C=O) groups excluding carboxylic acids is 1. The minimum atomic E-state index is -0.119. The van der Waals surface area contributed by atoms with Gasteiger partial charge in [-0.15, -0.1) is 32.9 Å². The van der Waals surface area contributed by atoms with Crippen LogP contribution in [0.15, 0.2) is 10.5 Å². The Bertz CT molecular complexity index is 1180. The van der Waals surface area contributed by atoms with Gasteiger partial charge in [-0.1, -0.05) is 25.1 Å². The fraction of sp³-hybridized carbons (Fsp3) is 0.478. The summed E-state index contributed by atoms with van der Waals surface area (Å²) in [5.41, 5.74) is 4.12. The van der Waals surface area contributed by atoms with Crippen LogP contribution in [0.3, 0.4) is 0 Å². The van der Waals surface area contributed by atoms with Crippen molar-refractivity contribution in [3.05, 3.63) is 31.8 Å². The summed E-state index contributed by atoms with van der Waals surface area (Å²) in [4.78, 5) is 15.3. The Morgan fingerprint density at radius 3 is 2.84 bits per heavy atom. The van der Waals surface area contributed by atoms with Crippen molar-refractivity contribution in [3.8, 4) is 17.5 Å². The predicted octanol–water partition coefficient (Wildman–Crippen LogP) is 5.82. The third kappa shape index (κ3) is 4.36. The monoisotopic (exact) mass is 485 g/mol. The van der Waals surface area contributed by atoms with Crippen molar-refractivity contribution < 1.29 is 4.79 Å². The Balaban J connectivity index is 1.46. The molecule has 0 saturated heterocycles. The second kappa shape index (κ2) is 9.77. The molecule has 3 heterocycles. The Morgan fingerprint density at radius 1 is 1.38 bits per heavy atom. The summed E-state index contributed by atoms with van der Waals surface area (Å²) in [6.07, 6.45) is 4.22. The molecule has 6 nitrogen and oxygen atoms in total. The number of rotatable bonds is 7. The molecule has 3 aromatic heterocycles. The van der Waals surface area contributed by atoms with Crippen LogP contribution in [0.25, 0.3) is 11.4 Å². The lowest BCUT2D eigenvalue weighted by molar-refractivity contribution is -0.113. The van der Waals surface area contributed by atoms with Crippen molar-refractivity contribution in [1.82, 2.24) is 14.8 Å². The van der Waals surface area contributed by atoms with Gasteiger partial charge in [-0.25, -0.2) is 0 Å². The molecule has 0 bridgehead atoms. The van der Waals surface area contributed by atoms with Gasteiger partial charge < -0.3 is 9.88 Å². The Kier molecular flexibility index (Phi) is 7.03. The number of fused-ring (bicyclic) bond motifs is 1. The van der Waals surface area contributed by atoms with E-state index in [1.54, 1.807) is 22.7 Å². The molecule has 1 aliphatic carbocycles. The van der Waals surface area contributed by atoms with Gasteiger partial charge in [0, 0.05) is 27.2 Å². The van der Waals surface area contributed by atoms with E-state index in [1.807, 2.05) is 0 Å². The fourth-order valence-electron chi connectivity index (χ4n) is 4.12. The molecule has 0 fully saturated rings. The molecule has 9 heteroatoms. The smallest absolute Gasteiger partial charge is 0.235 e. The maximum Gasteiger partial charge on any atom is 0.235 e. The number of aryl methyl sites for hydroxylation is 1. The van der Waals surface area contributed by atoms with Gasteiger partial charge in [-0.2, -0.15) is 5.26 Å². The highest BCUT2D eigenvalue weighted by Gasteiger charge is 2.26. The van der Waals surface area contributed by atoms with E-state index < -0.39 is 0 Å². The van der Waals surface area contributed by atoms with Crippen molar-refractivity contribution in [2.45, 2.75) is 65.1 Å². The van der Waals surface area contributed by atoms with Crippen molar-refractivity contribution in [2.24, 2.45) is 5.92 Å². The van der Waals surface area contributed by atoms with Gasteiger partial charge in [0.2, 0.25) is 5.91 Å². The number of thiophene rings is 2. The normalized spacial score (nSPS) is 15.4. The molecule has 4 rings (SSSR count). The van der Waals surface area contributed by atoms with E-state index in [0.717, 1.165) is 54.3 Å². The predicted molar refractivity (Wildman–Crippen MR) is 133 cm³/mol. The van der Waals surface area contributed by atoms with Gasteiger partial charge in [0.1, 0.15) is 11.1 Å². The van der Waals surface area contributed by atoms with Gasteiger partial charge >= 0.3 is 0 Å². The highest BCUT2D eigenvalue weighted by molar-refractivity contribution is 7.99. The molecule has 0 saturated carbocycles. The number of nitriles is 1. The number of aromatic nitrogens is 3. The van der Waals surface area contributed by atoms with Crippen LogP contribution in [-0.2, 0) is 24.2 Å². The van der Waals surface area contributed by atoms with Gasteiger partial charge in [0.15, 0.2) is 11.0 Å². The lowest BCUT2D eigenvalue weighted by Crippen LogP contribution is -2.15. The molecule has 3 aromatic rings. The molecule has 0 radical (unpaired) electrons. The zero-order valence-corrected chi connectivity index (χ0v) is 21.3. The molecule has 1 aliphatic rings. The maximum absolute atomic E-state index is 12.7. The average molecular weight is 486 g/mol. The highest BCUT2D eigenvalue weighted by Crippen LogP contribution is 2.40. The van der Waals surface area contributed by atoms with Gasteiger partial charge in [0.05, 0.1) is 11.3 Å². The lowest BCUT2D eigenvalue weighted by Gasteiger charge is -2.20. The fourth-order valence-corrected chi connectivity index (χ4v) is 7.11. The number of carbonyl (C=O) groups is 1. The Hall–Kier alpha value is -2.15. The lowest BCUT2D eigenvalue weighted by atomic mass is 9.86. The summed E-state index contributed by atoms with van der Waals surface area (Å²) >= 11 is 4.67. The van der Waals surface area contributed by atoms with Crippen molar-refractivity contribution in [3.63, 3.8) is 0 Å². The molecule has 168 valence electrons. The van der Waals surface area contributed by atoms with Gasteiger partial charge in [-0.3, -0.25) is 4.79 Å². The molecular weight excluding hydrogens is 458 g/mol. The number of nitrogens with one attached hydrogen (secondary N) is 1. The van der Waals surface area contributed by atoms with Crippen LogP contribution in [0, 0.1) is 31.1 Å². The summed E-state index contributed by atoms with van der Waals surface area (Å²) in [7, 11) is 0. The van der Waals surface area contributed by atoms with Crippen molar-refractivity contribution >= 4 is 45.3 Å². The third-order valence-corrected chi connectivity index (χ3v) is 9.35. The van der Waals surface area contributed by atoms with E-state index >= 15 is 0 Å². The first-order valence-electron chi connectivity index (χ1n) is 10.9. The van der Waals surface area contributed by atoms with Crippen LogP contribution in [0.1, 0.15) is 53.1 Å². The van der Waals surface area contributed by atoms with E-state index in [1.165, 1.54) is 27.1 Å².